The Labute approximate surface area is 117 Å². The average Bonchev–Trinajstić information content (AvgIpc) is 3.23. The van der Waals surface area contributed by atoms with Gasteiger partial charge in [-0.1, -0.05) is 12.1 Å². The zero-order valence-electron chi connectivity index (χ0n) is 11.4. The van der Waals surface area contributed by atoms with E-state index < -0.39 is 11.5 Å². The molecule has 2 fully saturated rings. The van der Waals surface area contributed by atoms with Crippen LogP contribution >= 0.6 is 0 Å². The molecule has 1 unspecified atom stereocenters. The van der Waals surface area contributed by atoms with Crippen molar-refractivity contribution in [1.82, 2.24) is 10.2 Å². The Bertz CT molecular complexity index is 551. The fourth-order valence-electron chi connectivity index (χ4n) is 2.85. The van der Waals surface area contributed by atoms with Gasteiger partial charge in [-0.3, -0.25) is 9.59 Å². The van der Waals surface area contributed by atoms with E-state index in [-0.39, 0.29) is 17.6 Å². The lowest BCUT2D eigenvalue weighted by atomic mass is 9.93. The maximum atomic E-state index is 13.0. The minimum Gasteiger partial charge on any atom is -0.353 e. The largest absolute Gasteiger partial charge is 0.353 e. The summed E-state index contributed by atoms with van der Waals surface area (Å²) in [6.45, 7) is 2.77. The monoisotopic (exact) mass is 276 g/mol. The van der Waals surface area contributed by atoms with E-state index in [1.54, 1.807) is 24.0 Å². The second-order valence-corrected chi connectivity index (χ2v) is 5.55. The normalized spacial score (nSPS) is 24.2. The van der Waals surface area contributed by atoms with Crippen LogP contribution in [0.15, 0.2) is 24.3 Å². The second kappa shape index (κ2) is 4.58. The van der Waals surface area contributed by atoms with Crippen molar-refractivity contribution in [2.75, 3.05) is 13.1 Å². The van der Waals surface area contributed by atoms with Crippen LogP contribution in [0.5, 0.6) is 0 Å². The number of piperazine rings is 1. The summed E-state index contributed by atoms with van der Waals surface area (Å²) < 4.78 is 13.0. The van der Waals surface area contributed by atoms with Gasteiger partial charge in [0.05, 0.1) is 5.41 Å². The van der Waals surface area contributed by atoms with Crippen LogP contribution in [0, 0.1) is 5.82 Å². The maximum Gasteiger partial charge on any atom is 0.242 e. The Kier molecular flexibility index (Phi) is 3.00. The van der Waals surface area contributed by atoms with Gasteiger partial charge in [0.25, 0.3) is 0 Å². The summed E-state index contributed by atoms with van der Waals surface area (Å²) in [7, 11) is 0. The molecule has 1 N–H and O–H groups in total. The van der Waals surface area contributed by atoms with E-state index in [1.807, 2.05) is 0 Å². The molecule has 1 atom stereocenters. The van der Waals surface area contributed by atoms with Crippen LogP contribution in [0.4, 0.5) is 4.39 Å². The summed E-state index contributed by atoms with van der Waals surface area (Å²) in [5, 5.41) is 2.75. The van der Waals surface area contributed by atoms with Gasteiger partial charge in [-0.25, -0.2) is 4.39 Å². The maximum absolute atomic E-state index is 13.0. The Morgan fingerprint density at radius 2 is 2.00 bits per heavy atom. The molecule has 1 aromatic rings. The molecule has 3 rings (SSSR count). The molecule has 5 heteroatoms. The summed E-state index contributed by atoms with van der Waals surface area (Å²) in [5.74, 6) is -0.423. The van der Waals surface area contributed by atoms with Crippen LogP contribution in [0.25, 0.3) is 0 Å². The molecule has 2 amide bonds. The lowest BCUT2D eigenvalue weighted by Gasteiger charge is -2.35. The van der Waals surface area contributed by atoms with Crippen LogP contribution in [0.3, 0.4) is 0 Å². The molecule has 0 bridgehead atoms. The van der Waals surface area contributed by atoms with Gasteiger partial charge in [0.15, 0.2) is 0 Å². The number of nitrogens with zero attached hydrogens (tertiary/aromatic N) is 1. The van der Waals surface area contributed by atoms with Crippen LogP contribution < -0.4 is 5.32 Å². The number of hydrogen-bond donors (Lipinski definition) is 1. The van der Waals surface area contributed by atoms with Gasteiger partial charge < -0.3 is 10.2 Å². The molecule has 1 aliphatic carbocycles. The number of amides is 2. The molecule has 1 heterocycles. The second-order valence-electron chi connectivity index (χ2n) is 5.55. The molecule has 1 saturated carbocycles. The fourth-order valence-corrected chi connectivity index (χ4v) is 2.85. The minimum atomic E-state index is -0.542. The Balaban J connectivity index is 1.86. The number of hydrogen-bond acceptors (Lipinski definition) is 2. The number of carbonyl (C=O) groups is 2. The van der Waals surface area contributed by atoms with Crippen molar-refractivity contribution in [2.45, 2.75) is 31.2 Å². The molecule has 2 aliphatic rings. The third-order valence-electron chi connectivity index (χ3n) is 4.32. The van der Waals surface area contributed by atoms with Crippen molar-refractivity contribution in [2.24, 2.45) is 0 Å². The molecule has 0 spiro atoms. The number of rotatable bonds is 2. The number of nitrogens with one attached hydrogen (secondary N) is 1. The predicted molar refractivity (Wildman–Crippen MR) is 71.5 cm³/mol. The first-order valence-electron chi connectivity index (χ1n) is 6.89. The molecular formula is C15H17FN2O2. The van der Waals surface area contributed by atoms with Crippen LogP contribution in [-0.4, -0.2) is 35.8 Å². The lowest BCUT2D eigenvalue weighted by molar-refractivity contribution is -0.144. The molecular weight excluding hydrogens is 259 g/mol. The van der Waals surface area contributed by atoms with Crippen molar-refractivity contribution in [1.29, 1.82) is 0 Å². The molecule has 106 valence electrons. The Hall–Kier alpha value is -1.91. The first kappa shape index (κ1) is 13.1. The average molecular weight is 276 g/mol. The topological polar surface area (TPSA) is 49.4 Å². The van der Waals surface area contributed by atoms with Crippen LogP contribution in [-0.2, 0) is 15.0 Å². The van der Waals surface area contributed by atoms with E-state index in [1.165, 1.54) is 12.1 Å². The number of carbonyl (C=O) groups excluding carboxylic acids is 2. The van der Waals surface area contributed by atoms with E-state index in [4.69, 9.17) is 0 Å². The van der Waals surface area contributed by atoms with Crippen molar-refractivity contribution < 1.29 is 14.0 Å². The standard InChI is InChI=1S/C15H17FN2O2/c1-10-13(19)17-8-9-18(10)14(20)15(6-7-15)11-2-4-12(16)5-3-11/h2-5,10H,6-9H2,1H3,(H,17,19). The van der Waals surface area contributed by atoms with E-state index in [0.29, 0.717) is 13.1 Å². The number of benzene rings is 1. The van der Waals surface area contributed by atoms with Gasteiger partial charge in [0, 0.05) is 13.1 Å². The highest BCUT2D eigenvalue weighted by atomic mass is 19.1. The van der Waals surface area contributed by atoms with Gasteiger partial charge >= 0.3 is 0 Å². The van der Waals surface area contributed by atoms with Crippen molar-refractivity contribution >= 4 is 11.8 Å². The summed E-state index contributed by atoms with van der Waals surface area (Å²) in [4.78, 5) is 26.1. The molecule has 0 aromatic heterocycles. The van der Waals surface area contributed by atoms with Gasteiger partial charge in [0.1, 0.15) is 11.9 Å². The summed E-state index contributed by atoms with van der Waals surface area (Å²) in [6.07, 6.45) is 1.53. The van der Waals surface area contributed by atoms with E-state index in [9.17, 15) is 14.0 Å². The Morgan fingerprint density at radius 1 is 1.35 bits per heavy atom. The van der Waals surface area contributed by atoms with Crippen LogP contribution in [0.1, 0.15) is 25.3 Å². The van der Waals surface area contributed by atoms with Crippen molar-refractivity contribution in [3.63, 3.8) is 0 Å². The van der Waals surface area contributed by atoms with Crippen LogP contribution in [0.2, 0.25) is 0 Å². The zero-order chi connectivity index (χ0) is 14.3. The molecule has 1 aromatic carbocycles. The van der Waals surface area contributed by atoms with E-state index in [0.717, 1.165) is 18.4 Å². The van der Waals surface area contributed by atoms with Crippen molar-refractivity contribution in [3.05, 3.63) is 35.6 Å². The highest BCUT2D eigenvalue weighted by molar-refractivity contribution is 5.95. The molecule has 1 aliphatic heterocycles. The number of halogens is 1. The summed E-state index contributed by atoms with van der Waals surface area (Å²) in [5.41, 5.74) is 0.307. The predicted octanol–water partition coefficient (Wildman–Crippen LogP) is 1.20. The fraction of sp³-hybridized carbons (Fsp3) is 0.467. The van der Waals surface area contributed by atoms with Gasteiger partial charge in [-0.2, -0.15) is 0 Å². The van der Waals surface area contributed by atoms with Gasteiger partial charge in [-0.15, -0.1) is 0 Å². The lowest BCUT2D eigenvalue weighted by Crippen LogP contribution is -2.58. The van der Waals surface area contributed by atoms with Gasteiger partial charge in [0.2, 0.25) is 11.8 Å². The molecule has 0 radical (unpaired) electrons. The quantitative estimate of drug-likeness (QED) is 0.882. The molecule has 4 nitrogen and oxygen atoms in total. The third-order valence-corrected chi connectivity index (χ3v) is 4.32. The third kappa shape index (κ3) is 1.97. The molecule has 20 heavy (non-hydrogen) atoms. The Morgan fingerprint density at radius 3 is 2.60 bits per heavy atom. The summed E-state index contributed by atoms with van der Waals surface area (Å²) in [6, 6.07) is 5.68. The van der Waals surface area contributed by atoms with Crippen molar-refractivity contribution in [3.8, 4) is 0 Å². The highest BCUT2D eigenvalue weighted by Crippen LogP contribution is 2.49. The smallest absolute Gasteiger partial charge is 0.242 e. The first-order chi connectivity index (χ1) is 9.54. The summed E-state index contributed by atoms with van der Waals surface area (Å²) >= 11 is 0. The SMILES string of the molecule is CC1C(=O)NCCN1C(=O)C1(c2ccc(F)cc2)CC1. The minimum absolute atomic E-state index is 0.00791. The highest BCUT2D eigenvalue weighted by Gasteiger charge is 2.54. The van der Waals surface area contributed by atoms with Gasteiger partial charge in [-0.05, 0) is 37.5 Å². The van der Waals surface area contributed by atoms with E-state index in [2.05, 4.69) is 5.32 Å². The zero-order valence-corrected chi connectivity index (χ0v) is 11.4. The molecule has 1 saturated heterocycles. The van der Waals surface area contributed by atoms with E-state index >= 15 is 0 Å². The first-order valence-corrected chi connectivity index (χ1v) is 6.89.